The van der Waals surface area contributed by atoms with Gasteiger partial charge >= 0.3 is 0 Å². The van der Waals surface area contributed by atoms with Crippen LogP contribution in [-0.2, 0) is 11.4 Å². The van der Waals surface area contributed by atoms with Crippen LogP contribution in [0.25, 0.3) is 6.08 Å². The van der Waals surface area contributed by atoms with E-state index in [1.165, 1.54) is 31.4 Å². The number of hydrogen-bond donors (Lipinski definition) is 1. The summed E-state index contributed by atoms with van der Waals surface area (Å²) < 4.78 is 24.4. The number of nitrogens with one attached hydrogen (secondary N) is 1. The zero-order valence-electron chi connectivity index (χ0n) is 17.6. The summed E-state index contributed by atoms with van der Waals surface area (Å²) in [7, 11) is 1.50. The molecule has 1 heterocycles. The van der Waals surface area contributed by atoms with Crippen molar-refractivity contribution in [1.29, 1.82) is 0 Å². The molecule has 5 nitrogen and oxygen atoms in total. The number of aliphatic imine (C=N–C) groups is 1. The maximum absolute atomic E-state index is 13.1. The predicted octanol–water partition coefficient (Wildman–Crippen LogP) is 7.27. The van der Waals surface area contributed by atoms with Gasteiger partial charge in [-0.3, -0.25) is 4.79 Å². The molecular weight excluding hydrogens is 522 g/mol. The minimum atomic E-state index is -0.359. The molecule has 3 aromatic carbocycles. The Hall–Kier alpha value is -2.71. The molecule has 0 spiro atoms. The highest BCUT2D eigenvalue weighted by Gasteiger charge is 2.24. The fourth-order valence-electron chi connectivity index (χ4n) is 3.02. The number of thioether (sulfide) groups is 1. The molecule has 0 aromatic heterocycles. The molecule has 1 saturated heterocycles. The van der Waals surface area contributed by atoms with Crippen LogP contribution in [0.1, 0.15) is 11.1 Å². The molecule has 34 heavy (non-hydrogen) atoms. The lowest BCUT2D eigenvalue weighted by atomic mass is 10.1. The minimum Gasteiger partial charge on any atom is -0.493 e. The zero-order chi connectivity index (χ0) is 24.2. The SMILES string of the molecule is COc1cc(/C=C2/SC(=Nc3ccc(F)cc3)NC2=O)cc(Cl)c1OCc1ccc(Cl)cc1Cl. The Morgan fingerprint density at radius 2 is 1.82 bits per heavy atom. The summed E-state index contributed by atoms with van der Waals surface area (Å²) in [6, 6.07) is 14.2. The number of amides is 1. The van der Waals surface area contributed by atoms with Crippen LogP contribution in [0.2, 0.25) is 15.1 Å². The molecule has 10 heteroatoms. The molecule has 1 N–H and O–H groups in total. The van der Waals surface area contributed by atoms with Crippen molar-refractivity contribution < 1.29 is 18.7 Å². The quantitative estimate of drug-likeness (QED) is 0.336. The van der Waals surface area contributed by atoms with E-state index in [0.29, 0.717) is 47.9 Å². The van der Waals surface area contributed by atoms with E-state index in [0.717, 1.165) is 17.3 Å². The lowest BCUT2D eigenvalue weighted by molar-refractivity contribution is -0.115. The highest BCUT2D eigenvalue weighted by molar-refractivity contribution is 8.18. The number of ether oxygens (including phenoxy) is 2. The van der Waals surface area contributed by atoms with Crippen LogP contribution < -0.4 is 14.8 Å². The fraction of sp³-hybridized carbons (Fsp3) is 0.0833. The molecule has 1 amide bonds. The van der Waals surface area contributed by atoms with Crippen molar-refractivity contribution >= 4 is 69.4 Å². The molecule has 3 aromatic rings. The van der Waals surface area contributed by atoms with Gasteiger partial charge in [-0.15, -0.1) is 0 Å². The Kier molecular flexibility index (Phi) is 7.68. The Labute approximate surface area is 214 Å². The molecule has 1 fully saturated rings. The van der Waals surface area contributed by atoms with Crippen LogP contribution in [0.15, 0.2) is 64.5 Å². The number of halogens is 4. The second-order valence-electron chi connectivity index (χ2n) is 7.02. The van der Waals surface area contributed by atoms with Crippen molar-refractivity contribution in [2.75, 3.05) is 7.11 Å². The molecule has 0 aliphatic carbocycles. The lowest BCUT2D eigenvalue weighted by Gasteiger charge is -2.14. The predicted molar refractivity (Wildman–Crippen MR) is 136 cm³/mol. The van der Waals surface area contributed by atoms with Gasteiger partial charge in [-0.05, 0) is 71.9 Å². The third kappa shape index (κ3) is 5.85. The maximum atomic E-state index is 13.1. The topological polar surface area (TPSA) is 59.9 Å². The maximum Gasteiger partial charge on any atom is 0.264 e. The number of carbonyl (C=O) groups is 1. The standard InChI is InChI=1S/C24H16Cl3FN2O3S/c1-32-20-9-13(8-19(27)22(20)33-12-14-2-3-15(25)11-18(14)26)10-21-23(31)30-24(34-21)29-17-6-4-16(28)5-7-17/h2-11H,12H2,1H3,(H,29,30,31)/b21-10+. The summed E-state index contributed by atoms with van der Waals surface area (Å²) in [4.78, 5) is 17.1. The average molecular weight is 538 g/mol. The van der Waals surface area contributed by atoms with E-state index in [-0.39, 0.29) is 18.3 Å². The summed E-state index contributed by atoms with van der Waals surface area (Å²) in [6.07, 6.45) is 1.67. The number of nitrogens with zero attached hydrogens (tertiary/aromatic N) is 1. The van der Waals surface area contributed by atoms with E-state index in [4.69, 9.17) is 44.3 Å². The summed E-state index contributed by atoms with van der Waals surface area (Å²) in [5.74, 6) is 0.0771. The number of methoxy groups -OCH3 is 1. The number of amidine groups is 1. The van der Waals surface area contributed by atoms with Gasteiger partial charge in [0, 0.05) is 15.6 Å². The first-order chi connectivity index (χ1) is 16.3. The van der Waals surface area contributed by atoms with E-state index >= 15 is 0 Å². The Balaban J connectivity index is 1.53. The third-order valence-electron chi connectivity index (χ3n) is 4.64. The van der Waals surface area contributed by atoms with Gasteiger partial charge in [-0.25, -0.2) is 9.38 Å². The largest absolute Gasteiger partial charge is 0.493 e. The molecular formula is C24H16Cl3FN2O3S. The van der Waals surface area contributed by atoms with E-state index in [2.05, 4.69) is 10.3 Å². The third-order valence-corrected chi connectivity index (χ3v) is 6.42. The van der Waals surface area contributed by atoms with Crippen LogP contribution >= 0.6 is 46.6 Å². The van der Waals surface area contributed by atoms with Gasteiger partial charge in [0.2, 0.25) is 0 Å². The van der Waals surface area contributed by atoms with Crippen LogP contribution in [0.4, 0.5) is 10.1 Å². The minimum absolute atomic E-state index is 0.161. The molecule has 1 aliphatic heterocycles. The monoisotopic (exact) mass is 536 g/mol. The Morgan fingerprint density at radius 1 is 1.06 bits per heavy atom. The van der Waals surface area contributed by atoms with E-state index in [1.54, 1.807) is 36.4 Å². The Bertz CT molecular complexity index is 1310. The van der Waals surface area contributed by atoms with Crippen molar-refractivity contribution in [3.8, 4) is 11.5 Å². The van der Waals surface area contributed by atoms with Crippen molar-refractivity contribution in [2.45, 2.75) is 6.61 Å². The van der Waals surface area contributed by atoms with Crippen LogP contribution in [-0.4, -0.2) is 18.2 Å². The van der Waals surface area contributed by atoms with Gasteiger partial charge in [-0.1, -0.05) is 40.9 Å². The first-order valence-corrected chi connectivity index (χ1v) is 11.8. The van der Waals surface area contributed by atoms with Crippen molar-refractivity contribution in [1.82, 2.24) is 5.32 Å². The summed E-state index contributed by atoms with van der Waals surface area (Å²) in [5, 5.41) is 4.39. The lowest BCUT2D eigenvalue weighted by Crippen LogP contribution is -2.19. The molecule has 0 bridgehead atoms. The molecule has 1 aliphatic rings. The van der Waals surface area contributed by atoms with Gasteiger partial charge < -0.3 is 14.8 Å². The van der Waals surface area contributed by atoms with E-state index < -0.39 is 0 Å². The number of carbonyl (C=O) groups excluding carboxylic acids is 1. The average Bonchev–Trinajstić information content (AvgIpc) is 3.13. The molecule has 0 atom stereocenters. The number of rotatable bonds is 6. The Morgan fingerprint density at radius 3 is 2.53 bits per heavy atom. The highest BCUT2D eigenvalue weighted by atomic mass is 35.5. The summed E-state index contributed by atoms with van der Waals surface area (Å²) in [5.41, 5.74) is 1.90. The van der Waals surface area contributed by atoms with Gasteiger partial charge in [0.05, 0.1) is 22.7 Å². The fourth-order valence-corrected chi connectivity index (χ4v) is 4.60. The van der Waals surface area contributed by atoms with E-state index in [1.807, 2.05) is 0 Å². The van der Waals surface area contributed by atoms with Gasteiger partial charge in [-0.2, -0.15) is 0 Å². The normalized spacial score (nSPS) is 15.6. The molecule has 0 unspecified atom stereocenters. The van der Waals surface area contributed by atoms with Crippen LogP contribution in [0.3, 0.4) is 0 Å². The zero-order valence-corrected chi connectivity index (χ0v) is 20.7. The number of hydrogen-bond acceptors (Lipinski definition) is 5. The van der Waals surface area contributed by atoms with Crippen LogP contribution in [0, 0.1) is 5.82 Å². The highest BCUT2D eigenvalue weighted by Crippen LogP contribution is 2.39. The van der Waals surface area contributed by atoms with Crippen molar-refractivity contribution in [3.63, 3.8) is 0 Å². The first-order valence-electron chi connectivity index (χ1n) is 9.82. The van der Waals surface area contributed by atoms with E-state index in [9.17, 15) is 9.18 Å². The van der Waals surface area contributed by atoms with Crippen molar-refractivity contribution in [2.24, 2.45) is 4.99 Å². The number of benzene rings is 3. The van der Waals surface area contributed by atoms with Gasteiger partial charge in [0.25, 0.3) is 5.91 Å². The smallest absolute Gasteiger partial charge is 0.264 e. The van der Waals surface area contributed by atoms with Gasteiger partial charge in [0.1, 0.15) is 12.4 Å². The van der Waals surface area contributed by atoms with Crippen molar-refractivity contribution in [3.05, 3.63) is 91.5 Å². The van der Waals surface area contributed by atoms with Gasteiger partial charge in [0.15, 0.2) is 16.7 Å². The summed E-state index contributed by atoms with van der Waals surface area (Å²) >= 11 is 19.8. The molecule has 0 radical (unpaired) electrons. The second kappa shape index (κ2) is 10.7. The molecule has 0 saturated carbocycles. The summed E-state index contributed by atoms with van der Waals surface area (Å²) in [6.45, 7) is 0.161. The first kappa shape index (κ1) is 24.4. The van der Waals surface area contributed by atoms with Crippen LogP contribution in [0.5, 0.6) is 11.5 Å². The molecule has 174 valence electrons. The molecule has 4 rings (SSSR count). The second-order valence-corrected chi connectivity index (χ2v) is 9.30.